The average molecular weight is 297 g/mol. The van der Waals surface area contributed by atoms with E-state index in [-0.39, 0.29) is 0 Å². The second kappa shape index (κ2) is 5.52. The maximum absolute atomic E-state index is 9.86. The van der Waals surface area contributed by atoms with Crippen molar-refractivity contribution in [2.24, 2.45) is 0 Å². The summed E-state index contributed by atoms with van der Waals surface area (Å²) in [4.78, 5) is 2.07. The van der Waals surface area contributed by atoms with E-state index >= 15 is 0 Å². The Labute approximate surface area is 111 Å². The molecule has 0 aliphatic carbocycles. The second-order valence-corrected chi connectivity index (χ2v) is 5.46. The monoisotopic (exact) mass is 296 g/mol. The normalized spacial score (nSPS) is 11.1. The van der Waals surface area contributed by atoms with Gasteiger partial charge in [0.05, 0.1) is 22.9 Å². The van der Waals surface area contributed by atoms with Crippen LogP contribution >= 0.6 is 15.9 Å². The number of anilines is 1. The van der Waals surface area contributed by atoms with Gasteiger partial charge in [0.1, 0.15) is 0 Å². The van der Waals surface area contributed by atoms with Crippen LogP contribution in [0.3, 0.4) is 0 Å². The maximum atomic E-state index is 9.86. The van der Waals surface area contributed by atoms with Gasteiger partial charge in [0.2, 0.25) is 0 Å². The van der Waals surface area contributed by atoms with Crippen LogP contribution in [0.2, 0.25) is 0 Å². The lowest BCUT2D eigenvalue weighted by Gasteiger charge is -2.30. The molecule has 1 aromatic carbocycles. The minimum atomic E-state index is -0.747. The van der Waals surface area contributed by atoms with Crippen molar-refractivity contribution in [2.75, 3.05) is 18.0 Å². The van der Waals surface area contributed by atoms with Crippen molar-refractivity contribution in [2.45, 2.75) is 26.4 Å². The van der Waals surface area contributed by atoms with Crippen molar-refractivity contribution in [3.63, 3.8) is 0 Å². The van der Waals surface area contributed by atoms with Crippen LogP contribution in [0.15, 0.2) is 22.7 Å². The van der Waals surface area contributed by atoms with Crippen molar-refractivity contribution in [1.82, 2.24) is 0 Å². The van der Waals surface area contributed by atoms with Gasteiger partial charge in [-0.15, -0.1) is 0 Å². The van der Waals surface area contributed by atoms with Gasteiger partial charge in [0.25, 0.3) is 0 Å². The van der Waals surface area contributed by atoms with Crippen molar-refractivity contribution in [1.29, 1.82) is 5.26 Å². The minimum absolute atomic E-state index is 0.550. The molecule has 1 N–H and O–H groups in total. The first kappa shape index (κ1) is 14.0. The molecule has 0 aliphatic rings. The molecule has 0 saturated heterocycles. The molecule has 0 spiro atoms. The van der Waals surface area contributed by atoms with E-state index in [1.54, 1.807) is 26.0 Å². The molecule has 17 heavy (non-hydrogen) atoms. The van der Waals surface area contributed by atoms with E-state index in [0.29, 0.717) is 12.1 Å². The molecule has 3 nitrogen and oxygen atoms in total. The second-order valence-electron chi connectivity index (χ2n) is 4.60. The van der Waals surface area contributed by atoms with Crippen molar-refractivity contribution in [3.8, 4) is 6.07 Å². The number of benzene rings is 1. The molecule has 0 fully saturated rings. The molecule has 0 radical (unpaired) electrons. The fourth-order valence-corrected chi connectivity index (χ4v) is 2.30. The van der Waals surface area contributed by atoms with Crippen molar-refractivity contribution in [3.05, 3.63) is 28.2 Å². The molecule has 0 amide bonds. The average Bonchev–Trinajstić information content (AvgIpc) is 2.24. The van der Waals surface area contributed by atoms with Gasteiger partial charge in [-0.1, -0.05) is 0 Å². The predicted octanol–water partition coefficient (Wildman–Crippen LogP) is 2.92. The number of halogens is 1. The topological polar surface area (TPSA) is 47.3 Å². The largest absolute Gasteiger partial charge is 0.389 e. The van der Waals surface area contributed by atoms with Crippen LogP contribution in [0, 0.1) is 11.3 Å². The summed E-state index contributed by atoms with van der Waals surface area (Å²) in [5.74, 6) is 0. The summed E-state index contributed by atoms with van der Waals surface area (Å²) in [5.41, 5.74) is 0.872. The minimum Gasteiger partial charge on any atom is -0.389 e. The molecule has 0 bridgehead atoms. The first-order chi connectivity index (χ1) is 7.87. The summed E-state index contributed by atoms with van der Waals surface area (Å²) in [6, 6.07) is 7.58. The van der Waals surface area contributed by atoms with Crippen LogP contribution in [0.5, 0.6) is 0 Å². The number of hydrogen-bond donors (Lipinski definition) is 1. The molecule has 92 valence electrons. The van der Waals surface area contributed by atoms with Crippen LogP contribution in [-0.2, 0) is 0 Å². The SMILES string of the molecule is CCN(CC(C)(C)O)c1ccc(C#N)cc1Br. The Bertz CT molecular complexity index is 432. The quantitative estimate of drug-likeness (QED) is 0.929. The summed E-state index contributed by atoms with van der Waals surface area (Å²) in [6.07, 6.45) is 0. The van der Waals surface area contributed by atoms with E-state index in [2.05, 4.69) is 26.9 Å². The molecule has 0 aromatic heterocycles. The fourth-order valence-electron chi connectivity index (χ4n) is 1.67. The number of aliphatic hydroxyl groups is 1. The summed E-state index contributed by atoms with van der Waals surface area (Å²) in [7, 11) is 0. The first-order valence-electron chi connectivity index (χ1n) is 5.54. The molecule has 0 aliphatic heterocycles. The first-order valence-corrected chi connectivity index (χ1v) is 6.33. The van der Waals surface area contributed by atoms with Gasteiger partial charge in [-0.3, -0.25) is 0 Å². The van der Waals surface area contributed by atoms with E-state index < -0.39 is 5.60 Å². The molecule has 0 saturated carbocycles. The number of likely N-dealkylation sites (N-methyl/N-ethyl adjacent to an activating group) is 1. The van der Waals surface area contributed by atoms with Gasteiger partial charge in [-0.05, 0) is 54.9 Å². The molecule has 0 atom stereocenters. The summed E-state index contributed by atoms with van der Waals surface area (Å²) in [5, 5.41) is 18.7. The molecule has 0 unspecified atom stereocenters. The van der Waals surface area contributed by atoms with Gasteiger partial charge >= 0.3 is 0 Å². The third-order valence-corrected chi connectivity index (χ3v) is 3.01. The number of hydrogen-bond acceptors (Lipinski definition) is 3. The Morgan fingerprint density at radius 1 is 1.47 bits per heavy atom. The summed E-state index contributed by atoms with van der Waals surface area (Å²) < 4.78 is 0.877. The van der Waals surface area contributed by atoms with E-state index in [9.17, 15) is 5.11 Å². The Kier molecular flexibility index (Phi) is 4.55. The third-order valence-electron chi connectivity index (χ3n) is 2.38. The summed E-state index contributed by atoms with van der Waals surface area (Å²) in [6.45, 7) is 6.96. The highest BCUT2D eigenvalue weighted by molar-refractivity contribution is 9.10. The lowest BCUT2D eigenvalue weighted by atomic mass is 10.1. The Balaban J connectivity index is 3.01. The number of rotatable bonds is 4. The highest BCUT2D eigenvalue weighted by Crippen LogP contribution is 2.28. The highest BCUT2D eigenvalue weighted by atomic mass is 79.9. The third kappa shape index (κ3) is 4.03. The number of nitriles is 1. The van der Waals surface area contributed by atoms with E-state index in [1.807, 2.05) is 13.0 Å². The summed E-state index contributed by atoms with van der Waals surface area (Å²) >= 11 is 3.46. The van der Waals surface area contributed by atoms with Gasteiger partial charge < -0.3 is 10.0 Å². The number of nitrogens with zero attached hydrogens (tertiary/aromatic N) is 2. The Morgan fingerprint density at radius 3 is 2.53 bits per heavy atom. The van der Waals surface area contributed by atoms with Crippen LogP contribution in [0.25, 0.3) is 0 Å². The molecule has 4 heteroatoms. The molecule has 1 rings (SSSR count). The molecule has 0 heterocycles. The zero-order valence-electron chi connectivity index (χ0n) is 10.4. The van der Waals surface area contributed by atoms with Gasteiger partial charge in [-0.2, -0.15) is 5.26 Å². The lowest BCUT2D eigenvalue weighted by Crippen LogP contribution is -2.38. The highest BCUT2D eigenvalue weighted by Gasteiger charge is 2.19. The van der Waals surface area contributed by atoms with E-state index in [0.717, 1.165) is 16.7 Å². The van der Waals surface area contributed by atoms with Crippen LogP contribution in [0.4, 0.5) is 5.69 Å². The smallest absolute Gasteiger partial charge is 0.0992 e. The van der Waals surface area contributed by atoms with Crippen LogP contribution in [0.1, 0.15) is 26.3 Å². The molecular weight excluding hydrogens is 280 g/mol. The zero-order chi connectivity index (χ0) is 13.1. The van der Waals surface area contributed by atoms with E-state index in [1.165, 1.54) is 0 Å². The Hall–Kier alpha value is -1.05. The van der Waals surface area contributed by atoms with Gasteiger partial charge in [0, 0.05) is 17.6 Å². The van der Waals surface area contributed by atoms with Crippen LogP contribution in [-0.4, -0.2) is 23.8 Å². The predicted molar refractivity (Wildman–Crippen MR) is 73.0 cm³/mol. The standard InChI is InChI=1S/C13H17BrN2O/c1-4-16(9-13(2,3)17)12-6-5-10(8-15)7-11(12)14/h5-7,17H,4,9H2,1-3H3. The van der Waals surface area contributed by atoms with Crippen molar-refractivity contribution < 1.29 is 5.11 Å². The van der Waals surface area contributed by atoms with Gasteiger partial charge in [0.15, 0.2) is 0 Å². The van der Waals surface area contributed by atoms with E-state index in [4.69, 9.17) is 5.26 Å². The van der Waals surface area contributed by atoms with Crippen molar-refractivity contribution >= 4 is 21.6 Å². The lowest BCUT2D eigenvalue weighted by molar-refractivity contribution is 0.0875. The molecular formula is C13H17BrN2O. The van der Waals surface area contributed by atoms with Crippen LogP contribution < -0.4 is 4.90 Å². The maximum Gasteiger partial charge on any atom is 0.0992 e. The molecule has 1 aromatic rings. The fraction of sp³-hybridized carbons (Fsp3) is 0.462. The van der Waals surface area contributed by atoms with Gasteiger partial charge in [-0.25, -0.2) is 0 Å². The zero-order valence-corrected chi connectivity index (χ0v) is 12.0. The Morgan fingerprint density at radius 2 is 2.12 bits per heavy atom.